The molecule has 15 heteroatoms. The molecule has 0 saturated carbocycles. The number of benzene rings is 2. The Morgan fingerprint density at radius 2 is 1.59 bits per heavy atom. The summed E-state index contributed by atoms with van der Waals surface area (Å²) < 4.78 is 9.09. The maximum absolute atomic E-state index is 14.0. The molecule has 5 amide bonds. The minimum absolute atomic E-state index is 0.0000612. The number of ether oxygens (including phenoxy) is 2. The maximum Gasteiger partial charge on any atom is 0.408 e. The van der Waals surface area contributed by atoms with Gasteiger partial charge in [0, 0.05) is 12.3 Å². The second-order valence-corrected chi connectivity index (χ2v) is 14.5. The zero-order chi connectivity index (χ0) is 33.6. The lowest BCUT2D eigenvalue weighted by molar-refractivity contribution is -0.153. The van der Waals surface area contributed by atoms with E-state index in [0.717, 1.165) is 11.1 Å². The van der Waals surface area contributed by atoms with Gasteiger partial charge in [-0.2, -0.15) is 0 Å². The van der Waals surface area contributed by atoms with Gasteiger partial charge in [0.15, 0.2) is 6.10 Å². The van der Waals surface area contributed by atoms with Crippen molar-refractivity contribution in [2.24, 2.45) is 0 Å². The van der Waals surface area contributed by atoms with Crippen LogP contribution in [0.1, 0.15) is 38.0 Å². The molecule has 0 aliphatic carbocycles. The van der Waals surface area contributed by atoms with Crippen LogP contribution < -0.4 is 16.0 Å². The van der Waals surface area contributed by atoms with Gasteiger partial charge in [0.1, 0.15) is 22.7 Å². The molecular formula is C31H31Cl3N4O7S. The van der Waals surface area contributed by atoms with Crippen LogP contribution in [0.3, 0.4) is 0 Å². The first-order valence-electron chi connectivity index (χ1n) is 14.0. The number of urea groups is 1. The molecule has 2 heterocycles. The summed E-state index contributed by atoms with van der Waals surface area (Å²) in [7, 11) is 0. The first-order valence-corrected chi connectivity index (χ1v) is 16.1. The number of nitrogens with one attached hydrogen (secondary N) is 3. The van der Waals surface area contributed by atoms with Crippen LogP contribution in [0, 0.1) is 0 Å². The number of nitrogens with zero attached hydrogens (tertiary/aromatic N) is 1. The van der Waals surface area contributed by atoms with Crippen molar-refractivity contribution >= 4 is 76.5 Å². The molecule has 46 heavy (non-hydrogen) atoms. The van der Waals surface area contributed by atoms with E-state index in [-0.39, 0.29) is 18.0 Å². The Morgan fingerprint density at radius 1 is 1.00 bits per heavy atom. The van der Waals surface area contributed by atoms with Crippen molar-refractivity contribution in [1.82, 2.24) is 20.9 Å². The highest BCUT2D eigenvalue weighted by Gasteiger charge is 2.54. The third-order valence-corrected chi connectivity index (χ3v) is 8.29. The lowest BCUT2D eigenvalue weighted by Gasteiger charge is -2.49. The average molecular weight is 710 g/mol. The molecule has 2 aromatic rings. The molecule has 2 aliphatic heterocycles. The predicted molar refractivity (Wildman–Crippen MR) is 175 cm³/mol. The van der Waals surface area contributed by atoms with Crippen molar-refractivity contribution < 1.29 is 33.4 Å². The number of amides is 5. The Balaban J connectivity index is 1.59. The third kappa shape index (κ3) is 8.97. The number of carbonyl (C=O) groups excluding carboxylic acids is 5. The lowest BCUT2D eigenvalue weighted by atomic mass is 10.0. The SMILES string of the molecule is CC(C)(C)OC(=O)N[C@@H]1C(=O)N2C(C(=O)OC(c3ccccc3)c3ccccc3)=C(/C=C\CNC(=O)NC(=O)C(Cl)(Cl)Cl)CS[C@H]12. The van der Waals surface area contributed by atoms with Gasteiger partial charge in [-0.15, -0.1) is 11.8 Å². The van der Waals surface area contributed by atoms with E-state index >= 15 is 0 Å². The number of alkyl halides is 3. The van der Waals surface area contributed by atoms with Gasteiger partial charge in [-0.25, -0.2) is 14.4 Å². The molecule has 2 aromatic carbocycles. The van der Waals surface area contributed by atoms with Gasteiger partial charge >= 0.3 is 18.1 Å². The summed E-state index contributed by atoms with van der Waals surface area (Å²) in [5.74, 6) is -2.13. The first kappa shape index (κ1) is 35.1. The highest BCUT2D eigenvalue weighted by Crippen LogP contribution is 2.42. The predicted octanol–water partition coefficient (Wildman–Crippen LogP) is 5.13. The fourth-order valence-corrected chi connectivity index (χ4v) is 5.97. The number of alkyl carbamates (subject to hydrolysis) is 1. The van der Waals surface area contributed by atoms with E-state index in [4.69, 9.17) is 44.3 Å². The van der Waals surface area contributed by atoms with E-state index in [1.807, 2.05) is 66.0 Å². The minimum atomic E-state index is -2.32. The molecular weight excluding hydrogens is 679 g/mol. The number of hydrogen-bond acceptors (Lipinski definition) is 8. The van der Waals surface area contributed by atoms with Crippen LogP contribution in [0.5, 0.6) is 0 Å². The molecule has 4 rings (SSSR count). The molecule has 0 aromatic heterocycles. The molecule has 244 valence electrons. The molecule has 2 atom stereocenters. The van der Waals surface area contributed by atoms with Crippen LogP contribution in [0.15, 0.2) is 84.1 Å². The van der Waals surface area contributed by atoms with Crippen LogP contribution >= 0.6 is 46.6 Å². The summed E-state index contributed by atoms with van der Waals surface area (Å²) in [6.07, 6.45) is 1.55. The smallest absolute Gasteiger partial charge is 0.408 e. The highest BCUT2D eigenvalue weighted by atomic mass is 35.6. The Bertz CT molecular complexity index is 1500. The molecule has 3 N–H and O–H groups in total. The Hall–Kier alpha value is -3.71. The molecule has 1 saturated heterocycles. The summed E-state index contributed by atoms with van der Waals surface area (Å²) in [5.41, 5.74) is 1.11. The average Bonchev–Trinajstić information content (AvgIpc) is 2.99. The molecule has 0 bridgehead atoms. The van der Waals surface area contributed by atoms with Crippen LogP contribution in [0.25, 0.3) is 0 Å². The number of imide groups is 1. The van der Waals surface area contributed by atoms with Crippen molar-refractivity contribution in [2.45, 2.75) is 47.7 Å². The van der Waals surface area contributed by atoms with Gasteiger partial charge in [-0.3, -0.25) is 19.8 Å². The van der Waals surface area contributed by atoms with Crippen molar-refractivity contribution in [3.8, 4) is 0 Å². The molecule has 2 aliphatic rings. The van der Waals surface area contributed by atoms with Crippen molar-refractivity contribution in [3.63, 3.8) is 0 Å². The van der Waals surface area contributed by atoms with Gasteiger partial charge in [0.05, 0.1) is 0 Å². The number of allylic oxidation sites excluding steroid dienone is 1. The summed E-state index contributed by atoms with van der Waals surface area (Å²) in [6.45, 7) is 5.05. The Labute approximate surface area is 285 Å². The fraction of sp³-hybridized carbons (Fsp3) is 0.323. The van der Waals surface area contributed by atoms with E-state index in [2.05, 4.69) is 10.6 Å². The zero-order valence-electron chi connectivity index (χ0n) is 24.9. The maximum atomic E-state index is 14.0. The minimum Gasteiger partial charge on any atom is -0.448 e. The van der Waals surface area contributed by atoms with Gasteiger partial charge < -0.3 is 20.1 Å². The zero-order valence-corrected chi connectivity index (χ0v) is 28.0. The van der Waals surface area contributed by atoms with E-state index in [1.54, 1.807) is 26.8 Å². The first-order chi connectivity index (χ1) is 21.7. The topological polar surface area (TPSA) is 143 Å². The number of fused-ring (bicyclic) bond motifs is 1. The highest BCUT2D eigenvalue weighted by molar-refractivity contribution is 8.00. The van der Waals surface area contributed by atoms with Crippen LogP contribution in [-0.2, 0) is 23.9 Å². The molecule has 0 spiro atoms. The molecule has 11 nitrogen and oxygen atoms in total. The van der Waals surface area contributed by atoms with Crippen LogP contribution in [0.2, 0.25) is 0 Å². The Morgan fingerprint density at radius 3 is 2.13 bits per heavy atom. The number of rotatable bonds is 8. The number of hydrogen-bond donors (Lipinski definition) is 3. The van der Waals surface area contributed by atoms with Crippen molar-refractivity contribution in [2.75, 3.05) is 12.3 Å². The van der Waals surface area contributed by atoms with Crippen molar-refractivity contribution in [1.29, 1.82) is 0 Å². The number of halogens is 3. The van der Waals surface area contributed by atoms with Crippen molar-refractivity contribution in [3.05, 3.63) is 95.2 Å². The molecule has 1 fully saturated rings. The quantitative estimate of drug-likeness (QED) is 0.195. The van der Waals surface area contributed by atoms with E-state index in [9.17, 15) is 24.0 Å². The van der Waals surface area contributed by atoms with E-state index in [0.29, 0.717) is 5.57 Å². The second-order valence-electron chi connectivity index (χ2n) is 11.1. The van der Waals surface area contributed by atoms with Crippen LogP contribution in [-0.4, -0.2) is 67.9 Å². The second kappa shape index (κ2) is 14.8. The normalized spacial score (nSPS) is 18.1. The summed E-state index contributed by atoms with van der Waals surface area (Å²) >= 11 is 17.7. The number of carbonyl (C=O) groups is 5. The third-order valence-electron chi connectivity index (χ3n) is 6.48. The van der Waals surface area contributed by atoms with Gasteiger partial charge in [0.25, 0.3) is 15.6 Å². The summed E-state index contributed by atoms with van der Waals surface area (Å²) in [4.78, 5) is 64.9. The monoisotopic (exact) mass is 708 g/mol. The fourth-order valence-electron chi connectivity index (χ4n) is 4.51. The largest absolute Gasteiger partial charge is 0.448 e. The van der Waals surface area contributed by atoms with E-state index < -0.39 is 56.8 Å². The summed E-state index contributed by atoms with van der Waals surface area (Å²) in [6, 6.07) is 16.5. The summed E-state index contributed by atoms with van der Waals surface area (Å²) in [5, 5.41) is 6.32. The number of thioether (sulfide) groups is 1. The molecule has 0 unspecified atom stereocenters. The van der Waals surface area contributed by atoms with Crippen LogP contribution in [0.4, 0.5) is 9.59 Å². The van der Waals surface area contributed by atoms with Gasteiger partial charge in [0.2, 0.25) is 0 Å². The number of esters is 1. The van der Waals surface area contributed by atoms with Gasteiger partial charge in [-0.1, -0.05) is 108 Å². The van der Waals surface area contributed by atoms with Gasteiger partial charge in [-0.05, 0) is 37.5 Å². The number of β-lactam (4-membered cyclic amide) rings is 1. The Kier molecular flexibility index (Phi) is 11.3. The van der Waals surface area contributed by atoms with E-state index in [1.165, 1.54) is 22.7 Å². The lowest BCUT2D eigenvalue weighted by Crippen LogP contribution is -2.70. The standard InChI is InChI=1S/C31H31Cl3N4O7S/c1-30(2,3)45-29(43)36-21-24(39)38-22(26(40)44-23(18-11-6-4-7-12-18)19-13-8-5-9-14-19)20(17-46-25(21)38)15-10-16-35-28(42)37-27(41)31(32,33)34/h4-15,21,23,25H,16-17H2,1-3H3,(H,36,43)(H2,35,37,41,42)/b15-10-/t21-,25-/m1/s1. The molecule has 0 radical (unpaired) electrons.